The van der Waals surface area contributed by atoms with E-state index in [9.17, 15) is 13.2 Å². The lowest BCUT2D eigenvalue weighted by atomic mass is 10.0. The molecule has 0 aliphatic heterocycles. The van der Waals surface area contributed by atoms with E-state index in [1.807, 2.05) is 32.0 Å². The number of hydrogen-bond donors (Lipinski definition) is 0. The van der Waals surface area contributed by atoms with Crippen molar-refractivity contribution in [2.24, 2.45) is 0 Å². The minimum atomic E-state index is -3.63. The van der Waals surface area contributed by atoms with Crippen molar-refractivity contribution < 1.29 is 13.2 Å². The summed E-state index contributed by atoms with van der Waals surface area (Å²) in [5, 5.41) is 0. The molecule has 0 aliphatic rings. The van der Waals surface area contributed by atoms with Crippen LogP contribution in [0.2, 0.25) is 0 Å². The zero-order valence-electron chi connectivity index (χ0n) is 15.8. The first-order valence-electron chi connectivity index (χ1n) is 8.04. The van der Waals surface area contributed by atoms with Gasteiger partial charge in [-0.3, -0.25) is 4.79 Å². The quantitative estimate of drug-likeness (QED) is 0.726. The maximum Gasteiger partial charge on any atom is 0.258 e. The van der Waals surface area contributed by atoms with Gasteiger partial charge in [-0.1, -0.05) is 15.9 Å². The molecule has 2 aromatic rings. The fourth-order valence-corrected chi connectivity index (χ4v) is 4.41. The van der Waals surface area contributed by atoms with E-state index >= 15 is 0 Å². The van der Waals surface area contributed by atoms with Crippen molar-refractivity contribution in [1.29, 1.82) is 0 Å². The monoisotopic (exact) mass is 438 g/mol. The third-order valence-corrected chi connectivity index (χ3v) is 6.88. The summed E-state index contributed by atoms with van der Waals surface area (Å²) < 4.78 is 27.3. The van der Waals surface area contributed by atoms with Gasteiger partial charge in [0, 0.05) is 36.9 Å². The fourth-order valence-electron chi connectivity index (χ4n) is 2.71. The summed E-state index contributed by atoms with van der Waals surface area (Å²) in [6, 6.07) is 8.85. The van der Waals surface area contributed by atoms with Gasteiger partial charge in [0.05, 0.1) is 4.90 Å². The number of carbonyl (C=O) groups is 1. The van der Waals surface area contributed by atoms with Gasteiger partial charge in [-0.15, -0.1) is 0 Å². The molecular formula is C19H23BrN2O3S. The maximum atomic E-state index is 13.0. The van der Waals surface area contributed by atoms with E-state index in [4.69, 9.17) is 0 Å². The predicted molar refractivity (Wildman–Crippen MR) is 108 cm³/mol. The zero-order chi connectivity index (χ0) is 19.8. The number of hydrogen-bond acceptors (Lipinski definition) is 3. The van der Waals surface area contributed by atoms with E-state index < -0.39 is 10.0 Å². The first kappa shape index (κ1) is 20.6. The zero-order valence-corrected chi connectivity index (χ0v) is 18.2. The van der Waals surface area contributed by atoms with E-state index in [2.05, 4.69) is 15.9 Å². The number of halogens is 1. The number of benzene rings is 2. The lowest BCUT2D eigenvalue weighted by molar-refractivity contribution is 0.0992. The minimum Gasteiger partial charge on any atom is -0.311 e. The number of anilines is 1. The molecule has 0 aliphatic carbocycles. The van der Waals surface area contributed by atoms with Crippen LogP contribution < -0.4 is 4.90 Å². The largest absolute Gasteiger partial charge is 0.311 e. The standard InChI is InChI=1S/C19H23BrN2O3S/c1-12-9-15(11-18(14(12)3)26(24,25)21(4)5)19(23)22(6)17-8-7-16(20)10-13(17)2/h7-11H,1-6H3. The maximum absolute atomic E-state index is 13.0. The van der Waals surface area contributed by atoms with Gasteiger partial charge in [-0.2, -0.15) is 0 Å². The van der Waals surface area contributed by atoms with Gasteiger partial charge in [0.1, 0.15) is 0 Å². The summed E-state index contributed by atoms with van der Waals surface area (Å²) >= 11 is 3.41. The van der Waals surface area contributed by atoms with Crippen molar-refractivity contribution in [2.45, 2.75) is 25.7 Å². The summed E-state index contributed by atoms with van der Waals surface area (Å²) in [7, 11) is 1.02. The highest BCUT2D eigenvalue weighted by Gasteiger charge is 2.24. The Morgan fingerprint density at radius 2 is 1.58 bits per heavy atom. The average Bonchev–Trinajstić information content (AvgIpc) is 2.55. The summed E-state index contributed by atoms with van der Waals surface area (Å²) in [6.45, 7) is 5.49. The number of aryl methyl sites for hydroxylation is 2. The minimum absolute atomic E-state index is 0.159. The van der Waals surface area contributed by atoms with Crippen LogP contribution in [0.25, 0.3) is 0 Å². The molecule has 26 heavy (non-hydrogen) atoms. The fraction of sp³-hybridized carbons (Fsp3) is 0.316. The summed E-state index contributed by atoms with van der Waals surface area (Å²) in [6.07, 6.45) is 0. The Bertz CT molecular complexity index is 969. The molecule has 0 bridgehead atoms. The van der Waals surface area contributed by atoms with Crippen LogP contribution in [-0.4, -0.2) is 39.8 Å². The van der Waals surface area contributed by atoms with E-state index in [1.165, 1.54) is 25.1 Å². The molecular weight excluding hydrogens is 416 g/mol. The molecule has 0 heterocycles. The molecule has 0 spiro atoms. The van der Waals surface area contributed by atoms with E-state index in [0.29, 0.717) is 11.1 Å². The third-order valence-electron chi connectivity index (χ3n) is 4.45. The predicted octanol–water partition coefficient (Wildman–Crippen LogP) is 3.90. The number of rotatable bonds is 4. The highest BCUT2D eigenvalue weighted by Crippen LogP contribution is 2.27. The number of amides is 1. The van der Waals surface area contributed by atoms with Crippen molar-refractivity contribution in [2.75, 3.05) is 26.0 Å². The Morgan fingerprint density at radius 3 is 2.12 bits per heavy atom. The van der Waals surface area contributed by atoms with Crippen LogP contribution in [0, 0.1) is 20.8 Å². The van der Waals surface area contributed by atoms with Gasteiger partial charge >= 0.3 is 0 Å². The highest BCUT2D eigenvalue weighted by atomic mass is 79.9. The summed E-state index contributed by atoms with van der Waals surface area (Å²) in [5.41, 5.74) is 3.47. The molecule has 0 atom stereocenters. The molecule has 2 aromatic carbocycles. The second kappa shape index (κ2) is 7.50. The molecule has 0 fully saturated rings. The second-order valence-electron chi connectivity index (χ2n) is 6.50. The van der Waals surface area contributed by atoms with Crippen LogP contribution in [0.15, 0.2) is 39.7 Å². The highest BCUT2D eigenvalue weighted by molar-refractivity contribution is 9.10. The van der Waals surface area contributed by atoms with E-state index in [1.54, 1.807) is 20.0 Å². The Balaban J connectivity index is 2.55. The van der Waals surface area contributed by atoms with E-state index in [0.717, 1.165) is 25.6 Å². The van der Waals surface area contributed by atoms with Gasteiger partial charge in [0.2, 0.25) is 10.0 Å². The van der Waals surface area contributed by atoms with Crippen molar-refractivity contribution in [3.05, 3.63) is 57.1 Å². The smallest absolute Gasteiger partial charge is 0.258 e. The Hall–Kier alpha value is -1.70. The molecule has 0 unspecified atom stereocenters. The topological polar surface area (TPSA) is 57.7 Å². The Kier molecular flexibility index (Phi) is 5.95. The van der Waals surface area contributed by atoms with Gasteiger partial charge in [0.15, 0.2) is 0 Å². The van der Waals surface area contributed by atoms with Crippen molar-refractivity contribution in [3.8, 4) is 0 Å². The molecule has 140 valence electrons. The molecule has 0 saturated carbocycles. The Labute approximate surface area is 163 Å². The molecule has 1 amide bonds. The number of nitrogens with zero attached hydrogens (tertiary/aromatic N) is 2. The van der Waals surface area contributed by atoms with Gasteiger partial charge in [0.25, 0.3) is 5.91 Å². The van der Waals surface area contributed by atoms with Crippen molar-refractivity contribution in [3.63, 3.8) is 0 Å². The van der Waals surface area contributed by atoms with Crippen LogP contribution >= 0.6 is 15.9 Å². The van der Waals surface area contributed by atoms with Crippen LogP contribution in [0.1, 0.15) is 27.0 Å². The lowest BCUT2D eigenvalue weighted by Gasteiger charge is -2.22. The van der Waals surface area contributed by atoms with Gasteiger partial charge < -0.3 is 4.90 Å². The number of sulfonamides is 1. The average molecular weight is 439 g/mol. The van der Waals surface area contributed by atoms with Gasteiger partial charge in [-0.25, -0.2) is 12.7 Å². The Morgan fingerprint density at radius 1 is 0.962 bits per heavy atom. The molecule has 0 aromatic heterocycles. The summed E-state index contributed by atoms with van der Waals surface area (Å²) in [4.78, 5) is 14.7. The lowest BCUT2D eigenvalue weighted by Crippen LogP contribution is -2.28. The van der Waals surface area contributed by atoms with Crippen molar-refractivity contribution >= 4 is 37.5 Å². The van der Waals surface area contributed by atoms with Crippen LogP contribution in [0.3, 0.4) is 0 Å². The molecule has 0 saturated heterocycles. The molecule has 0 N–H and O–H groups in total. The van der Waals surface area contributed by atoms with Crippen molar-refractivity contribution in [1.82, 2.24) is 4.31 Å². The van der Waals surface area contributed by atoms with Crippen LogP contribution in [0.4, 0.5) is 5.69 Å². The molecule has 2 rings (SSSR count). The van der Waals surface area contributed by atoms with Gasteiger partial charge in [-0.05, 0) is 67.8 Å². The van der Waals surface area contributed by atoms with Crippen LogP contribution in [-0.2, 0) is 10.0 Å². The second-order valence-corrected chi connectivity index (χ2v) is 9.53. The third kappa shape index (κ3) is 3.84. The first-order chi connectivity index (χ1) is 12.0. The van der Waals surface area contributed by atoms with E-state index in [-0.39, 0.29) is 10.8 Å². The SMILES string of the molecule is Cc1cc(Br)ccc1N(C)C(=O)c1cc(C)c(C)c(S(=O)(=O)N(C)C)c1. The molecule has 7 heteroatoms. The molecule has 0 radical (unpaired) electrons. The first-order valence-corrected chi connectivity index (χ1v) is 10.3. The molecule has 5 nitrogen and oxygen atoms in total. The van der Waals surface area contributed by atoms with Crippen LogP contribution in [0.5, 0.6) is 0 Å². The normalized spacial score (nSPS) is 11.7. The summed E-state index contributed by atoms with van der Waals surface area (Å²) in [5.74, 6) is -0.256. The number of carbonyl (C=O) groups excluding carboxylic acids is 1.